The van der Waals surface area contributed by atoms with E-state index in [-0.39, 0.29) is 11.9 Å². The molecule has 128 valence electrons. The number of fused-ring (bicyclic) bond motifs is 2. The molecule has 1 aliphatic rings. The van der Waals surface area contributed by atoms with Gasteiger partial charge in [0.05, 0.1) is 12.6 Å². The van der Waals surface area contributed by atoms with Gasteiger partial charge in [0.1, 0.15) is 0 Å². The second-order valence-electron chi connectivity index (χ2n) is 6.16. The molecule has 3 N–H and O–H groups in total. The predicted molar refractivity (Wildman–Crippen MR) is 95.5 cm³/mol. The standard InChI is InChI=1S/C19H20N4O2/c20-12-17(15-7-6-13-4-1-2-5-14(13)10-15)21-19(24)16-11-18-23(22-16)8-3-9-25-18/h1-2,4-7,10-11,17H,3,8-9,12,20H2,(H,21,24). The lowest BCUT2D eigenvalue weighted by Crippen LogP contribution is -2.33. The minimum Gasteiger partial charge on any atom is -0.478 e. The van der Waals surface area contributed by atoms with Crippen LogP contribution in [0.15, 0.2) is 48.5 Å². The molecule has 0 saturated heterocycles. The molecule has 0 fully saturated rings. The van der Waals surface area contributed by atoms with Gasteiger partial charge in [0.25, 0.3) is 5.91 Å². The molecule has 0 radical (unpaired) electrons. The molecule has 0 bridgehead atoms. The number of benzene rings is 2. The van der Waals surface area contributed by atoms with Crippen molar-refractivity contribution in [3.8, 4) is 5.88 Å². The van der Waals surface area contributed by atoms with E-state index in [0.29, 0.717) is 24.7 Å². The Balaban J connectivity index is 1.56. The maximum absolute atomic E-state index is 12.6. The summed E-state index contributed by atoms with van der Waals surface area (Å²) in [7, 11) is 0. The van der Waals surface area contributed by atoms with Crippen molar-refractivity contribution in [1.29, 1.82) is 0 Å². The molecule has 2 heterocycles. The van der Waals surface area contributed by atoms with Crippen molar-refractivity contribution >= 4 is 16.7 Å². The molecule has 2 aromatic carbocycles. The van der Waals surface area contributed by atoms with Crippen LogP contribution in [0.3, 0.4) is 0 Å². The highest BCUT2D eigenvalue weighted by Crippen LogP contribution is 2.22. The number of hydrogen-bond donors (Lipinski definition) is 2. The van der Waals surface area contributed by atoms with Crippen molar-refractivity contribution in [2.75, 3.05) is 13.2 Å². The van der Waals surface area contributed by atoms with Gasteiger partial charge >= 0.3 is 0 Å². The van der Waals surface area contributed by atoms with Crippen LogP contribution in [-0.2, 0) is 6.54 Å². The van der Waals surface area contributed by atoms with E-state index in [9.17, 15) is 4.79 Å². The fraction of sp³-hybridized carbons (Fsp3) is 0.263. The number of ether oxygens (including phenoxy) is 1. The van der Waals surface area contributed by atoms with Gasteiger partial charge in [0.15, 0.2) is 5.69 Å². The molecule has 1 aliphatic heterocycles. The number of nitrogens with one attached hydrogen (secondary N) is 1. The molecule has 1 atom stereocenters. The maximum atomic E-state index is 12.6. The molecular weight excluding hydrogens is 316 g/mol. The van der Waals surface area contributed by atoms with Gasteiger partial charge in [-0.2, -0.15) is 5.10 Å². The number of aromatic nitrogens is 2. The summed E-state index contributed by atoms with van der Waals surface area (Å²) < 4.78 is 7.24. The van der Waals surface area contributed by atoms with Crippen molar-refractivity contribution < 1.29 is 9.53 Å². The Bertz CT molecular complexity index is 895. The van der Waals surface area contributed by atoms with Gasteiger partial charge in [0.2, 0.25) is 5.88 Å². The number of carbonyl (C=O) groups excluding carboxylic acids is 1. The van der Waals surface area contributed by atoms with Gasteiger partial charge in [-0.05, 0) is 22.4 Å². The van der Waals surface area contributed by atoms with Crippen molar-refractivity contribution in [2.24, 2.45) is 5.73 Å². The molecule has 0 saturated carbocycles. The average Bonchev–Trinajstić information content (AvgIpc) is 3.10. The average molecular weight is 336 g/mol. The van der Waals surface area contributed by atoms with E-state index in [1.54, 1.807) is 10.7 Å². The smallest absolute Gasteiger partial charge is 0.272 e. The molecule has 1 unspecified atom stereocenters. The minimum atomic E-state index is -0.267. The van der Waals surface area contributed by atoms with Gasteiger partial charge < -0.3 is 15.8 Å². The molecule has 0 spiro atoms. The highest BCUT2D eigenvalue weighted by Gasteiger charge is 2.20. The number of hydrogen-bond acceptors (Lipinski definition) is 4. The van der Waals surface area contributed by atoms with Crippen LogP contribution in [0.4, 0.5) is 0 Å². The van der Waals surface area contributed by atoms with Crippen molar-refractivity contribution in [3.05, 3.63) is 59.8 Å². The third kappa shape index (κ3) is 3.08. The summed E-state index contributed by atoms with van der Waals surface area (Å²) in [5.41, 5.74) is 7.25. The molecule has 6 nitrogen and oxygen atoms in total. The first-order valence-corrected chi connectivity index (χ1v) is 8.45. The van der Waals surface area contributed by atoms with Crippen LogP contribution in [0.25, 0.3) is 10.8 Å². The fourth-order valence-corrected chi connectivity index (χ4v) is 3.11. The van der Waals surface area contributed by atoms with Gasteiger partial charge in [-0.25, -0.2) is 4.68 Å². The van der Waals surface area contributed by atoms with E-state index >= 15 is 0 Å². The second kappa shape index (κ2) is 6.57. The number of nitrogens with two attached hydrogens (primary N) is 1. The molecule has 4 rings (SSSR count). The van der Waals surface area contributed by atoms with E-state index in [2.05, 4.69) is 28.6 Å². The lowest BCUT2D eigenvalue weighted by Gasteiger charge is -2.17. The zero-order chi connectivity index (χ0) is 17.2. The van der Waals surface area contributed by atoms with E-state index < -0.39 is 0 Å². The molecule has 0 aliphatic carbocycles. The quantitative estimate of drug-likeness (QED) is 0.765. The summed E-state index contributed by atoms with van der Waals surface area (Å²) >= 11 is 0. The fourth-order valence-electron chi connectivity index (χ4n) is 3.11. The Morgan fingerprint density at radius 2 is 2.08 bits per heavy atom. The Kier molecular flexibility index (Phi) is 4.11. The van der Waals surface area contributed by atoms with Crippen molar-refractivity contribution in [2.45, 2.75) is 19.0 Å². The molecule has 25 heavy (non-hydrogen) atoms. The summed E-state index contributed by atoms with van der Waals surface area (Å²) in [4.78, 5) is 12.6. The van der Waals surface area contributed by atoms with Crippen LogP contribution in [0.2, 0.25) is 0 Å². The van der Waals surface area contributed by atoms with Crippen LogP contribution in [0.1, 0.15) is 28.5 Å². The first-order chi connectivity index (χ1) is 12.2. The Morgan fingerprint density at radius 3 is 2.88 bits per heavy atom. The van der Waals surface area contributed by atoms with Crippen LogP contribution >= 0.6 is 0 Å². The van der Waals surface area contributed by atoms with Crippen LogP contribution in [0, 0.1) is 0 Å². The maximum Gasteiger partial charge on any atom is 0.272 e. The van der Waals surface area contributed by atoms with Crippen molar-refractivity contribution in [1.82, 2.24) is 15.1 Å². The Labute approximate surface area is 145 Å². The monoisotopic (exact) mass is 336 g/mol. The number of amides is 1. The molecule has 1 aromatic heterocycles. The van der Waals surface area contributed by atoms with E-state index in [0.717, 1.165) is 29.3 Å². The zero-order valence-electron chi connectivity index (χ0n) is 13.8. The lowest BCUT2D eigenvalue weighted by atomic mass is 10.0. The summed E-state index contributed by atoms with van der Waals surface area (Å²) in [6, 6.07) is 15.6. The third-order valence-electron chi connectivity index (χ3n) is 4.46. The highest BCUT2D eigenvalue weighted by molar-refractivity contribution is 5.93. The first kappa shape index (κ1) is 15.7. The van der Waals surface area contributed by atoms with Crippen LogP contribution in [-0.4, -0.2) is 28.8 Å². The lowest BCUT2D eigenvalue weighted by molar-refractivity contribution is 0.0932. The molecule has 6 heteroatoms. The van der Waals surface area contributed by atoms with Crippen LogP contribution in [0.5, 0.6) is 5.88 Å². The van der Waals surface area contributed by atoms with E-state index in [1.165, 1.54) is 0 Å². The predicted octanol–water partition coefficient (Wildman–Crippen LogP) is 2.25. The number of rotatable bonds is 4. The van der Waals surface area contributed by atoms with Gasteiger partial charge in [-0.3, -0.25) is 4.79 Å². The van der Waals surface area contributed by atoms with Crippen LogP contribution < -0.4 is 15.8 Å². The number of carbonyl (C=O) groups is 1. The Morgan fingerprint density at radius 1 is 1.24 bits per heavy atom. The van der Waals surface area contributed by atoms with E-state index in [4.69, 9.17) is 10.5 Å². The topological polar surface area (TPSA) is 82.2 Å². The van der Waals surface area contributed by atoms with Crippen molar-refractivity contribution in [3.63, 3.8) is 0 Å². The largest absolute Gasteiger partial charge is 0.478 e. The van der Waals surface area contributed by atoms with Gasteiger partial charge in [-0.1, -0.05) is 36.4 Å². The molecule has 3 aromatic rings. The van der Waals surface area contributed by atoms with E-state index in [1.807, 2.05) is 24.3 Å². The first-order valence-electron chi connectivity index (χ1n) is 8.45. The summed E-state index contributed by atoms with van der Waals surface area (Å²) in [6.07, 6.45) is 0.901. The van der Waals surface area contributed by atoms with Gasteiger partial charge in [0, 0.05) is 25.6 Å². The molecule has 1 amide bonds. The summed E-state index contributed by atoms with van der Waals surface area (Å²) in [6.45, 7) is 1.75. The minimum absolute atomic E-state index is 0.242. The SMILES string of the molecule is NCC(NC(=O)c1cc2n(n1)CCCO2)c1ccc2ccccc2c1. The second-order valence-corrected chi connectivity index (χ2v) is 6.16. The third-order valence-corrected chi connectivity index (χ3v) is 4.46. The number of nitrogens with zero attached hydrogens (tertiary/aromatic N) is 2. The molecular formula is C19H20N4O2. The summed E-state index contributed by atoms with van der Waals surface area (Å²) in [5, 5.41) is 9.58. The highest BCUT2D eigenvalue weighted by atomic mass is 16.5. The summed E-state index contributed by atoms with van der Waals surface area (Å²) in [5.74, 6) is 0.403. The zero-order valence-corrected chi connectivity index (χ0v) is 13.8. The normalized spacial score (nSPS) is 14.6. The van der Waals surface area contributed by atoms with Gasteiger partial charge in [-0.15, -0.1) is 0 Å². The number of aryl methyl sites for hydroxylation is 1. The Hall–Kier alpha value is -2.86.